The van der Waals surface area contributed by atoms with Crippen molar-refractivity contribution < 1.29 is 0 Å². The molecule has 0 atom stereocenters. The van der Waals surface area contributed by atoms with Gasteiger partial charge in [0.25, 0.3) is 0 Å². The molecule has 0 fully saturated rings. The summed E-state index contributed by atoms with van der Waals surface area (Å²) in [5.41, 5.74) is 1.04. The molecule has 0 saturated heterocycles. The summed E-state index contributed by atoms with van der Waals surface area (Å²) in [6.07, 6.45) is 3.87. The predicted octanol–water partition coefficient (Wildman–Crippen LogP) is 2.93. The van der Waals surface area contributed by atoms with Crippen molar-refractivity contribution in [1.29, 1.82) is 0 Å². The van der Waals surface area contributed by atoms with E-state index in [2.05, 4.69) is 47.6 Å². The SMILES string of the molecule is CCNC(=NCc1ccc(Cl)nc1)NCC(C)(C)SC. The summed E-state index contributed by atoms with van der Waals surface area (Å²) < 4.78 is 0.179. The van der Waals surface area contributed by atoms with Gasteiger partial charge in [0, 0.05) is 24.0 Å². The molecule has 0 radical (unpaired) electrons. The van der Waals surface area contributed by atoms with E-state index in [1.807, 2.05) is 17.8 Å². The molecular formula is C14H23ClN4S. The molecule has 0 aliphatic carbocycles. The van der Waals surface area contributed by atoms with Crippen molar-refractivity contribution in [3.8, 4) is 0 Å². The third-order valence-electron chi connectivity index (χ3n) is 2.79. The van der Waals surface area contributed by atoms with Gasteiger partial charge in [-0.1, -0.05) is 17.7 Å². The van der Waals surface area contributed by atoms with Crippen LogP contribution in [-0.4, -0.2) is 35.0 Å². The largest absolute Gasteiger partial charge is 0.357 e. The molecule has 0 saturated carbocycles. The minimum Gasteiger partial charge on any atom is -0.357 e. The van der Waals surface area contributed by atoms with E-state index in [-0.39, 0.29) is 4.75 Å². The van der Waals surface area contributed by atoms with E-state index in [1.54, 1.807) is 12.3 Å². The molecule has 6 heteroatoms. The zero-order chi connectivity index (χ0) is 15.0. The smallest absolute Gasteiger partial charge is 0.191 e. The Morgan fingerprint density at radius 1 is 1.40 bits per heavy atom. The molecule has 1 heterocycles. The molecule has 4 nitrogen and oxygen atoms in total. The third kappa shape index (κ3) is 6.48. The molecule has 0 amide bonds. The fourth-order valence-electron chi connectivity index (χ4n) is 1.38. The van der Waals surface area contributed by atoms with Crippen molar-refractivity contribution in [3.63, 3.8) is 0 Å². The molecule has 0 bridgehead atoms. The van der Waals surface area contributed by atoms with Crippen LogP contribution in [0, 0.1) is 0 Å². The molecule has 0 unspecified atom stereocenters. The first kappa shape index (κ1) is 17.1. The highest BCUT2D eigenvalue weighted by Crippen LogP contribution is 2.19. The first-order valence-corrected chi connectivity index (χ1v) is 8.25. The van der Waals surface area contributed by atoms with E-state index in [0.29, 0.717) is 11.7 Å². The summed E-state index contributed by atoms with van der Waals surface area (Å²) in [7, 11) is 0. The van der Waals surface area contributed by atoms with Crippen LogP contribution in [0.4, 0.5) is 0 Å². The molecule has 0 spiro atoms. The van der Waals surface area contributed by atoms with Gasteiger partial charge in [-0.15, -0.1) is 0 Å². The van der Waals surface area contributed by atoms with Crippen LogP contribution in [0.3, 0.4) is 0 Å². The second-order valence-corrected chi connectivity index (χ2v) is 6.90. The number of thioether (sulfide) groups is 1. The van der Waals surface area contributed by atoms with Gasteiger partial charge in [0.05, 0.1) is 6.54 Å². The lowest BCUT2D eigenvalue weighted by Crippen LogP contribution is -2.43. The Labute approximate surface area is 130 Å². The van der Waals surface area contributed by atoms with E-state index in [0.717, 1.165) is 24.6 Å². The van der Waals surface area contributed by atoms with Crippen LogP contribution in [0.5, 0.6) is 0 Å². The Balaban J connectivity index is 2.60. The Bertz CT molecular complexity index is 431. The number of nitrogens with one attached hydrogen (secondary N) is 2. The number of aromatic nitrogens is 1. The van der Waals surface area contributed by atoms with Gasteiger partial charge in [-0.2, -0.15) is 11.8 Å². The second kappa shape index (κ2) is 8.37. The summed E-state index contributed by atoms with van der Waals surface area (Å²) >= 11 is 7.60. The van der Waals surface area contributed by atoms with E-state index in [4.69, 9.17) is 11.6 Å². The van der Waals surface area contributed by atoms with E-state index in [1.165, 1.54) is 0 Å². The number of halogens is 1. The van der Waals surface area contributed by atoms with Crippen molar-refractivity contribution in [1.82, 2.24) is 15.6 Å². The number of guanidine groups is 1. The first-order chi connectivity index (χ1) is 9.46. The number of rotatable bonds is 6. The predicted molar refractivity (Wildman–Crippen MR) is 89.7 cm³/mol. The molecule has 1 rings (SSSR count). The van der Waals surface area contributed by atoms with Crippen molar-refractivity contribution in [2.45, 2.75) is 32.1 Å². The maximum Gasteiger partial charge on any atom is 0.191 e. The summed E-state index contributed by atoms with van der Waals surface area (Å²) in [6, 6.07) is 3.72. The van der Waals surface area contributed by atoms with Crippen molar-refractivity contribution in [2.75, 3.05) is 19.3 Å². The Morgan fingerprint density at radius 2 is 2.15 bits per heavy atom. The molecule has 112 valence electrons. The quantitative estimate of drug-likeness (QED) is 0.481. The van der Waals surface area contributed by atoms with Crippen LogP contribution in [0.1, 0.15) is 26.3 Å². The first-order valence-electron chi connectivity index (χ1n) is 6.64. The second-order valence-electron chi connectivity index (χ2n) is 5.00. The van der Waals surface area contributed by atoms with Crippen LogP contribution >= 0.6 is 23.4 Å². The Morgan fingerprint density at radius 3 is 2.70 bits per heavy atom. The fourth-order valence-corrected chi connectivity index (χ4v) is 1.71. The summed E-state index contributed by atoms with van der Waals surface area (Å²) in [4.78, 5) is 8.61. The molecule has 1 aromatic rings. The van der Waals surface area contributed by atoms with Crippen LogP contribution < -0.4 is 10.6 Å². The molecule has 0 aliphatic heterocycles. The van der Waals surface area contributed by atoms with Crippen LogP contribution in [0.2, 0.25) is 5.15 Å². The number of aliphatic imine (C=N–C) groups is 1. The normalized spacial score (nSPS) is 12.3. The topological polar surface area (TPSA) is 49.3 Å². The van der Waals surface area contributed by atoms with Gasteiger partial charge in [0.15, 0.2) is 5.96 Å². The summed E-state index contributed by atoms with van der Waals surface area (Å²) in [5.74, 6) is 0.824. The average Bonchev–Trinajstić information content (AvgIpc) is 2.44. The van der Waals surface area contributed by atoms with Crippen molar-refractivity contribution in [2.24, 2.45) is 4.99 Å². The van der Waals surface area contributed by atoms with Crippen molar-refractivity contribution >= 4 is 29.3 Å². The van der Waals surface area contributed by atoms with Gasteiger partial charge < -0.3 is 10.6 Å². The maximum atomic E-state index is 5.77. The standard InChI is InChI=1S/C14H23ClN4S/c1-5-16-13(19-10-14(2,3)20-4)18-9-11-6-7-12(15)17-8-11/h6-8H,5,9-10H2,1-4H3,(H2,16,18,19). The van der Waals surface area contributed by atoms with Gasteiger partial charge in [-0.05, 0) is 38.7 Å². The third-order valence-corrected chi connectivity index (χ3v) is 4.26. The van der Waals surface area contributed by atoms with Gasteiger partial charge >= 0.3 is 0 Å². The zero-order valence-electron chi connectivity index (χ0n) is 12.5. The van der Waals surface area contributed by atoms with Crippen LogP contribution in [0.15, 0.2) is 23.3 Å². The lowest BCUT2D eigenvalue weighted by atomic mass is 10.2. The highest BCUT2D eigenvalue weighted by Gasteiger charge is 2.15. The number of pyridine rings is 1. The Hall–Kier alpha value is -0.940. The van der Waals surface area contributed by atoms with Crippen LogP contribution in [0.25, 0.3) is 0 Å². The number of nitrogens with zero attached hydrogens (tertiary/aromatic N) is 2. The van der Waals surface area contributed by atoms with E-state index in [9.17, 15) is 0 Å². The van der Waals surface area contributed by atoms with Gasteiger partial charge in [0.2, 0.25) is 0 Å². The fraction of sp³-hybridized carbons (Fsp3) is 0.571. The molecular weight excluding hydrogens is 292 g/mol. The highest BCUT2D eigenvalue weighted by molar-refractivity contribution is 7.99. The molecule has 2 N–H and O–H groups in total. The summed E-state index contributed by atoms with van der Waals surface area (Å²) in [6.45, 7) is 8.75. The monoisotopic (exact) mass is 314 g/mol. The highest BCUT2D eigenvalue weighted by atomic mass is 35.5. The molecule has 0 aliphatic rings. The lowest BCUT2D eigenvalue weighted by Gasteiger charge is -2.23. The van der Waals surface area contributed by atoms with Crippen LogP contribution in [-0.2, 0) is 6.54 Å². The average molecular weight is 315 g/mol. The maximum absolute atomic E-state index is 5.77. The lowest BCUT2D eigenvalue weighted by molar-refractivity contribution is 0.665. The minimum atomic E-state index is 0.179. The van der Waals surface area contributed by atoms with Gasteiger partial charge in [-0.3, -0.25) is 0 Å². The Kier molecular flexibility index (Phi) is 7.16. The van der Waals surface area contributed by atoms with E-state index >= 15 is 0 Å². The van der Waals surface area contributed by atoms with Gasteiger partial charge in [-0.25, -0.2) is 9.98 Å². The molecule has 1 aromatic heterocycles. The number of hydrogen-bond donors (Lipinski definition) is 2. The summed E-state index contributed by atoms with van der Waals surface area (Å²) in [5, 5.41) is 7.11. The number of hydrogen-bond acceptors (Lipinski definition) is 3. The molecule has 20 heavy (non-hydrogen) atoms. The molecule has 0 aromatic carbocycles. The van der Waals surface area contributed by atoms with Gasteiger partial charge in [0.1, 0.15) is 5.15 Å². The van der Waals surface area contributed by atoms with Crippen molar-refractivity contribution in [3.05, 3.63) is 29.0 Å². The minimum absolute atomic E-state index is 0.179. The van der Waals surface area contributed by atoms with E-state index < -0.39 is 0 Å². The zero-order valence-corrected chi connectivity index (χ0v) is 14.1.